The van der Waals surface area contributed by atoms with Crippen molar-refractivity contribution < 1.29 is 0 Å². The zero-order chi connectivity index (χ0) is 17.8. The van der Waals surface area contributed by atoms with Gasteiger partial charge in [0.1, 0.15) is 0 Å². The van der Waals surface area contributed by atoms with Gasteiger partial charge in [0, 0.05) is 5.02 Å². The molecule has 0 aromatic heterocycles. The largest absolute Gasteiger partial charge is 0.0843 e. The van der Waals surface area contributed by atoms with E-state index in [1.165, 1.54) is 82.6 Å². The lowest BCUT2D eigenvalue weighted by Crippen LogP contribution is -2.25. The minimum atomic E-state index is 0.784. The van der Waals surface area contributed by atoms with Crippen molar-refractivity contribution in [1.29, 1.82) is 0 Å². The smallest absolute Gasteiger partial charge is 0.0406 e. The molecule has 3 aliphatic carbocycles. The summed E-state index contributed by atoms with van der Waals surface area (Å²) in [6, 6.07) is 8.64. The second-order valence-electron chi connectivity index (χ2n) is 9.67. The molecule has 0 amide bonds. The lowest BCUT2D eigenvalue weighted by Gasteiger charge is -2.38. The third kappa shape index (κ3) is 4.86. The van der Waals surface area contributed by atoms with Crippen LogP contribution < -0.4 is 0 Å². The van der Waals surface area contributed by atoms with Crippen molar-refractivity contribution in [1.82, 2.24) is 0 Å². The van der Waals surface area contributed by atoms with Crippen LogP contribution in [0.3, 0.4) is 0 Å². The molecule has 3 fully saturated rings. The number of hydrogen-bond acceptors (Lipinski definition) is 0. The molecule has 1 heteroatoms. The SMILES string of the molecule is Clc1ccc([C@H]2CC[C@H]([C@H]3CC[C@H](CCC4CCCC4)CC3)CC2)cc1. The van der Waals surface area contributed by atoms with E-state index < -0.39 is 0 Å². The van der Waals surface area contributed by atoms with Crippen LogP contribution in [0.4, 0.5) is 0 Å². The van der Waals surface area contributed by atoms with Crippen molar-refractivity contribution in [3.8, 4) is 0 Å². The predicted molar refractivity (Wildman–Crippen MR) is 113 cm³/mol. The molecule has 4 rings (SSSR count). The van der Waals surface area contributed by atoms with E-state index in [4.69, 9.17) is 11.6 Å². The van der Waals surface area contributed by atoms with Gasteiger partial charge in [0.15, 0.2) is 0 Å². The van der Waals surface area contributed by atoms with Crippen molar-refractivity contribution in [2.24, 2.45) is 23.7 Å². The molecule has 0 aliphatic heterocycles. The minimum absolute atomic E-state index is 0.784. The Labute approximate surface area is 166 Å². The fraction of sp³-hybridized carbons (Fsp3) is 0.760. The van der Waals surface area contributed by atoms with Gasteiger partial charge < -0.3 is 0 Å². The summed E-state index contributed by atoms with van der Waals surface area (Å²) >= 11 is 6.05. The van der Waals surface area contributed by atoms with Crippen LogP contribution >= 0.6 is 11.6 Å². The van der Waals surface area contributed by atoms with Gasteiger partial charge in [0.05, 0.1) is 0 Å². The molecular weight excluding hydrogens is 336 g/mol. The molecule has 26 heavy (non-hydrogen) atoms. The fourth-order valence-corrected chi connectivity index (χ4v) is 6.50. The number of halogens is 1. The monoisotopic (exact) mass is 372 g/mol. The van der Waals surface area contributed by atoms with Crippen molar-refractivity contribution in [2.75, 3.05) is 0 Å². The average Bonchev–Trinajstić information content (AvgIpc) is 3.21. The normalized spacial score (nSPS) is 33.4. The molecule has 0 heterocycles. The zero-order valence-corrected chi connectivity index (χ0v) is 17.2. The molecule has 1 aromatic rings. The van der Waals surface area contributed by atoms with Crippen LogP contribution in [0.5, 0.6) is 0 Å². The highest BCUT2D eigenvalue weighted by Gasteiger charge is 2.31. The first-order valence-corrected chi connectivity index (χ1v) is 11.9. The van der Waals surface area contributed by atoms with Gasteiger partial charge in [-0.3, -0.25) is 0 Å². The molecule has 0 spiro atoms. The molecule has 0 radical (unpaired) electrons. The Hall–Kier alpha value is -0.490. The lowest BCUT2D eigenvalue weighted by molar-refractivity contribution is 0.153. The Morgan fingerprint density at radius 2 is 1.12 bits per heavy atom. The second-order valence-corrected chi connectivity index (χ2v) is 10.1. The van der Waals surface area contributed by atoms with Crippen LogP contribution in [0.15, 0.2) is 24.3 Å². The molecule has 3 saturated carbocycles. The Kier molecular flexibility index (Phi) is 6.62. The van der Waals surface area contributed by atoms with E-state index in [1.54, 1.807) is 12.8 Å². The summed E-state index contributed by atoms with van der Waals surface area (Å²) in [7, 11) is 0. The first-order valence-electron chi connectivity index (χ1n) is 11.5. The maximum Gasteiger partial charge on any atom is 0.0406 e. The third-order valence-corrected chi connectivity index (χ3v) is 8.38. The summed E-state index contributed by atoms with van der Waals surface area (Å²) < 4.78 is 0. The summed E-state index contributed by atoms with van der Waals surface area (Å²) in [5.41, 5.74) is 1.52. The number of benzene rings is 1. The standard InChI is InChI=1S/C25H37Cl/c26-25-17-15-24(16-18-25)23-13-11-22(12-14-23)21-9-7-20(8-10-21)6-5-19-3-1-2-4-19/h15-23H,1-14H2/t20-,21-,22-,23-. The van der Waals surface area contributed by atoms with Crippen LogP contribution in [0, 0.1) is 23.7 Å². The summed E-state index contributed by atoms with van der Waals surface area (Å²) in [5.74, 6) is 5.01. The van der Waals surface area contributed by atoms with Crippen LogP contribution in [0.25, 0.3) is 0 Å². The first kappa shape index (κ1) is 18.9. The quantitative estimate of drug-likeness (QED) is 0.486. The Bertz CT molecular complexity index is 526. The first-order chi connectivity index (χ1) is 12.8. The van der Waals surface area contributed by atoms with Gasteiger partial charge in [-0.1, -0.05) is 75.1 Å². The van der Waals surface area contributed by atoms with Gasteiger partial charge >= 0.3 is 0 Å². The van der Waals surface area contributed by atoms with Crippen molar-refractivity contribution in [2.45, 2.75) is 95.8 Å². The molecule has 0 bridgehead atoms. The fourth-order valence-electron chi connectivity index (χ4n) is 6.38. The Morgan fingerprint density at radius 3 is 1.69 bits per heavy atom. The maximum absolute atomic E-state index is 6.05. The molecule has 1 aromatic carbocycles. The van der Waals surface area contributed by atoms with Gasteiger partial charge in [0.25, 0.3) is 0 Å². The third-order valence-electron chi connectivity index (χ3n) is 8.13. The Morgan fingerprint density at radius 1 is 0.615 bits per heavy atom. The van der Waals surface area contributed by atoms with E-state index >= 15 is 0 Å². The minimum Gasteiger partial charge on any atom is -0.0843 e. The predicted octanol–water partition coefficient (Wildman–Crippen LogP) is 8.39. The van der Waals surface area contributed by atoms with Gasteiger partial charge in [-0.15, -0.1) is 0 Å². The van der Waals surface area contributed by atoms with E-state index in [9.17, 15) is 0 Å². The molecular formula is C25H37Cl. The van der Waals surface area contributed by atoms with E-state index in [1.807, 2.05) is 0 Å². The highest BCUT2D eigenvalue weighted by atomic mass is 35.5. The van der Waals surface area contributed by atoms with Crippen LogP contribution in [-0.2, 0) is 0 Å². The van der Waals surface area contributed by atoms with E-state index in [-0.39, 0.29) is 0 Å². The second kappa shape index (κ2) is 9.13. The summed E-state index contributed by atoms with van der Waals surface area (Å²) in [6.45, 7) is 0. The molecule has 0 unspecified atom stereocenters. The molecule has 144 valence electrons. The zero-order valence-electron chi connectivity index (χ0n) is 16.5. The van der Waals surface area contributed by atoms with Crippen molar-refractivity contribution in [3.05, 3.63) is 34.9 Å². The van der Waals surface area contributed by atoms with E-state index in [2.05, 4.69) is 24.3 Å². The average molecular weight is 373 g/mol. The maximum atomic E-state index is 6.05. The van der Waals surface area contributed by atoms with Gasteiger partial charge in [0.2, 0.25) is 0 Å². The number of rotatable bonds is 5. The molecule has 0 atom stereocenters. The van der Waals surface area contributed by atoms with Gasteiger partial charge in [-0.2, -0.15) is 0 Å². The Balaban J connectivity index is 1.18. The molecule has 0 N–H and O–H groups in total. The highest BCUT2D eigenvalue weighted by Crippen LogP contribution is 2.45. The van der Waals surface area contributed by atoms with Crippen LogP contribution in [0.1, 0.15) is 101 Å². The summed E-state index contributed by atoms with van der Waals surface area (Å²) in [4.78, 5) is 0. The molecule has 0 nitrogen and oxygen atoms in total. The number of hydrogen-bond donors (Lipinski definition) is 0. The van der Waals surface area contributed by atoms with Crippen molar-refractivity contribution in [3.63, 3.8) is 0 Å². The van der Waals surface area contributed by atoms with E-state index in [0.717, 1.165) is 34.6 Å². The lowest BCUT2D eigenvalue weighted by atomic mass is 9.68. The van der Waals surface area contributed by atoms with Crippen LogP contribution in [0.2, 0.25) is 5.02 Å². The summed E-state index contributed by atoms with van der Waals surface area (Å²) in [5, 5.41) is 0.868. The van der Waals surface area contributed by atoms with Crippen molar-refractivity contribution >= 4 is 11.6 Å². The summed E-state index contributed by atoms with van der Waals surface area (Å²) in [6.07, 6.45) is 21.0. The van der Waals surface area contributed by atoms with Crippen LogP contribution in [-0.4, -0.2) is 0 Å². The topological polar surface area (TPSA) is 0 Å². The highest BCUT2D eigenvalue weighted by molar-refractivity contribution is 6.30. The molecule has 3 aliphatic rings. The van der Waals surface area contributed by atoms with Gasteiger partial charge in [-0.05, 0) is 85.8 Å². The molecule has 0 saturated heterocycles. The van der Waals surface area contributed by atoms with E-state index in [0.29, 0.717) is 0 Å². The van der Waals surface area contributed by atoms with Gasteiger partial charge in [-0.25, -0.2) is 0 Å².